The Balaban J connectivity index is 3.49. The summed E-state index contributed by atoms with van der Waals surface area (Å²) < 4.78 is 31.6. The van der Waals surface area contributed by atoms with Gasteiger partial charge in [0.15, 0.2) is 5.75 Å². The minimum Gasteiger partial charge on any atom is -0.494 e. The minimum absolute atomic E-state index is 0.0113. The molecule has 10 heteroatoms. The van der Waals surface area contributed by atoms with E-state index in [1.54, 1.807) is 0 Å². The minimum atomic E-state index is -4.25. The zero-order valence-corrected chi connectivity index (χ0v) is 13.6. The molecule has 0 heterocycles. The molecule has 0 aliphatic rings. The van der Waals surface area contributed by atoms with Crippen molar-refractivity contribution >= 4 is 33.5 Å². The van der Waals surface area contributed by atoms with E-state index in [1.165, 1.54) is 20.2 Å². The lowest BCUT2D eigenvalue weighted by molar-refractivity contribution is -0.138. The van der Waals surface area contributed by atoms with Crippen molar-refractivity contribution in [1.29, 1.82) is 0 Å². The molecule has 22 heavy (non-hydrogen) atoms. The summed E-state index contributed by atoms with van der Waals surface area (Å²) in [4.78, 5) is 22.2. The van der Waals surface area contributed by atoms with Crippen molar-refractivity contribution in [3.8, 4) is 5.75 Å². The molecule has 0 aliphatic carbocycles. The topological polar surface area (TPSA) is 122 Å². The molecule has 122 valence electrons. The summed E-state index contributed by atoms with van der Waals surface area (Å²) in [5.74, 6) is -2.17. The molecule has 0 aromatic heterocycles. The van der Waals surface area contributed by atoms with Crippen LogP contribution in [0.3, 0.4) is 0 Å². The number of carbonyl (C=O) groups excluding carboxylic acids is 1. The lowest BCUT2D eigenvalue weighted by Crippen LogP contribution is -2.38. The lowest BCUT2D eigenvalue weighted by Gasteiger charge is -2.16. The van der Waals surface area contributed by atoms with Crippen LogP contribution < -0.4 is 14.8 Å². The van der Waals surface area contributed by atoms with E-state index in [0.29, 0.717) is 0 Å². The van der Waals surface area contributed by atoms with Crippen LogP contribution in [0.15, 0.2) is 17.0 Å². The number of hydrogen-bond acceptors (Lipinski definition) is 5. The molecule has 1 atom stereocenters. The summed E-state index contributed by atoms with van der Waals surface area (Å²) in [6.07, 6.45) is 0. The van der Waals surface area contributed by atoms with E-state index in [2.05, 4.69) is 5.32 Å². The number of carbonyl (C=O) groups is 2. The molecular weight excluding hydrogens is 336 g/mol. The number of sulfonamides is 1. The number of rotatable bonds is 6. The molecule has 8 nitrogen and oxygen atoms in total. The molecule has 0 saturated heterocycles. The normalized spacial score (nSPS) is 12.5. The first kappa shape index (κ1) is 18.2. The summed E-state index contributed by atoms with van der Waals surface area (Å²) in [6.45, 7) is 1.16. The zero-order chi connectivity index (χ0) is 17.1. The van der Waals surface area contributed by atoms with E-state index < -0.39 is 32.8 Å². The molecule has 3 N–H and O–H groups in total. The predicted octanol–water partition coefficient (Wildman–Crippen LogP) is 0.460. The molecule has 0 aliphatic heterocycles. The molecule has 1 aromatic carbocycles. The third-order valence-electron chi connectivity index (χ3n) is 2.69. The Morgan fingerprint density at radius 1 is 1.36 bits per heavy atom. The average molecular weight is 351 g/mol. The Labute approximate surface area is 132 Å². The highest BCUT2D eigenvalue weighted by molar-refractivity contribution is 7.89. The van der Waals surface area contributed by atoms with Crippen LogP contribution in [0.4, 0.5) is 0 Å². The molecule has 0 bridgehead atoms. The van der Waals surface area contributed by atoms with Gasteiger partial charge >= 0.3 is 5.97 Å². The summed E-state index contributed by atoms with van der Waals surface area (Å²) in [7, 11) is -1.70. The zero-order valence-electron chi connectivity index (χ0n) is 12.0. The van der Waals surface area contributed by atoms with E-state index in [1.807, 2.05) is 4.72 Å². The van der Waals surface area contributed by atoms with Gasteiger partial charge < -0.3 is 15.2 Å². The maximum atomic E-state index is 12.3. The Morgan fingerprint density at radius 3 is 2.41 bits per heavy atom. The van der Waals surface area contributed by atoms with E-state index in [4.69, 9.17) is 21.4 Å². The second-order valence-electron chi connectivity index (χ2n) is 4.25. The van der Waals surface area contributed by atoms with E-state index in [-0.39, 0.29) is 16.3 Å². The fourth-order valence-corrected chi connectivity index (χ4v) is 3.32. The number of amides is 1. The fourth-order valence-electron chi connectivity index (χ4n) is 1.63. The number of nitrogens with one attached hydrogen (secondary N) is 2. The van der Waals surface area contributed by atoms with Crippen molar-refractivity contribution in [1.82, 2.24) is 10.0 Å². The highest BCUT2D eigenvalue weighted by Gasteiger charge is 2.28. The van der Waals surface area contributed by atoms with Crippen molar-refractivity contribution < 1.29 is 27.9 Å². The first-order valence-corrected chi connectivity index (χ1v) is 7.85. The van der Waals surface area contributed by atoms with Gasteiger partial charge in [0.1, 0.15) is 10.9 Å². The molecule has 1 amide bonds. The van der Waals surface area contributed by atoms with Gasteiger partial charge in [-0.3, -0.25) is 9.59 Å². The number of methoxy groups -OCH3 is 1. The Kier molecular flexibility index (Phi) is 5.75. The largest absolute Gasteiger partial charge is 0.494 e. The van der Waals surface area contributed by atoms with Crippen LogP contribution in [0, 0.1) is 0 Å². The summed E-state index contributed by atoms with van der Waals surface area (Å²) >= 11 is 5.84. The fraction of sp³-hybridized carbons (Fsp3) is 0.333. The molecule has 0 saturated carbocycles. The summed E-state index contributed by atoms with van der Waals surface area (Å²) in [5.41, 5.74) is -0.0825. The van der Waals surface area contributed by atoms with Crippen molar-refractivity contribution in [3.63, 3.8) is 0 Å². The second kappa shape index (κ2) is 6.95. The van der Waals surface area contributed by atoms with Gasteiger partial charge in [-0.05, 0) is 19.1 Å². The Morgan fingerprint density at radius 2 is 1.95 bits per heavy atom. The molecule has 0 radical (unpaired) electrons. The van der Waals surface area contributed by atoms with Gasteiger partial charge in [-0.25, -0.2) is 8.42 Å². The quantitative estimate of drug-likeness (QED) is 0.685. The molecule has 0 unspecified atom stereocenters. The van der Waals surface area contributed by atoms with E-state index in [9.17, 15) is 18.0 Å². The SMILES string of the molecule is CNC(=O)c1cc(Cl)cc(S(=O)(=O)N[C@H](C)C(=O)O)c1OC. The van der Waals surface area contributed by atoms with Gasteiger partial charge in [-0.2, -0.15) is 4.72 Å². The first-order valence-electron chi connectivity index (χ1n) is 5.98. The number of carboxylic acid groups (broad SMARTS) is 1. The lowest BCUT2D eigenvalue weighted by atomic mass is 10.2. The number of ether oxygens (including phenoxy) is 1. The highest BCUT2D eigenvalue weighted by Crippen LogP contribution is 2.31. The summed E-state index contributed by atoms with van der Waals surface area (Å²) in [6, 6.07) is 0.958. The van der Waals surface area contributed by atoms with Gasteiger partial charge in [0.25, 0.3) is 5.91 Å². The van der Waals surface area contributed by atoms with Gasteiger partial charge in [0.05, 0.1) is 12.7 Å². The average Bonchev–Trinajstić information content (AvgIpc) is 2.44. The third-order valence-corrected chi connectivity index (χ3v) is 4.45. The molecule has 0 fully saturated rings. The molecule has 0 spiro atoms. The van der Waals surface area contributed by atoms with Gasteiger partial charge in [0, 0.05) is 12.1 Å². The van der Waals surface area contributed by atoms with Crippen LogP contribution in [0.5, 0.6) is 5.75 Å². The van der Waals surface area contributed by atoms with Gasteiger partial charge in [0.2, 0.25) is 10.0 Å². The number of hydrogen-bond donors (Lipinski definition) is 3. The van der Waals surface area contributed by atoms with Gasteiger partial charge in [-0.15, -0.1) is 0 Å². The number of aliphatic carboxylic acids is 1. The maximum absolute atomic E-state index is 12.3. The Bertz CT molecular complexity index is 704. The van der Waals surface area contributed by atoms with E-state index in [0.717, 1.165) is 13.0 Å². The smallest absolute Gasteiger partial charge is 0.321 e. The maximum Gasteiger partial charge on any atom is 0.321 e. The van der Waals surface area contributed by atoms with Crippen molar-refractivity contribution in [2.75, 3.05) is 14.2 Å². The van der Waals surface area contributed by atoms with Crippen LogP contribution in [-0.4, -0.2) is 45.6 Å². The van der Waals surface area contributed by atoms with E-state index >= 15 is 0 Å². The Hall–Kier alpha value is -1.84. The number of carboxylic acids is 1. The predicted molar refractivity (Wildman–Crippen MR) is 78.8 cm³/mol. The van der Waals surface area contributed by atoms with Crippen molar-refractivity contribution in [2.45, 2.75) is 17.9 Å². The van der Waals surface area contributed by atoms with Crippen LogP contribution in [0.2, 0.25) is 5.02 Å². The molecule has 1 rings (SSSR count). The van der Waals surface area contributed by atoms with Crippen molar-refractivity contribution in [2.24, 2.45) is 0 Å². The monoisotopic (exact) mass is 350 g/mol. The molecule has 1 aromatic rings. The van der Waals surface area contributed by atoms with Crippen molar-refractivity contribution in [3.05, 3.63) is 22.7 Å². The van der Waals surface area contributed by atoms with Gasteiger partial charge in [-0.1, -0.05) is 11.6 Å². The molecular formula is C12H15ClN2O6S. The van der Waals surface area contributed by atoms with Crippen LogP contribution >= 0.6 is 11.6 Å². The number of benzene rings is 1. The second-order valence-corrected chi connectivity index (χ2v) is 6.36. The first-order chi connectivity index (χ1) is 10.1. The standard InChI is InChI=1S/C12H15ClN2O6S/c1-6(12(17)18)15-22(19,20)9-5-7(13)4-8(10(9)21-3)11(16)14-2/h4-6,15H,1-3H3,(H,14,16)(H,17,18)/t6-/m1/s1. The third kappa shape index (κ3) is 3.87. The van der Waals surface area contributed by atoms with Crippen LogP contribution in [0.1, 0.15) is 17.3 Å². The van der Waals surface area contributed by atoms with Crippen LogP contribution in [0.25, 0.3) is 0 Å². The number of halogens is 1. The highest BCUT2D eigenvalue weighted by atomic mass is 35.5. The van der Waals surface area contributed by atoms with Crippen LogP contribution in [-0.2, 0) is 14.8 Å². The summed E-state index contributed by atoms with van der Waals surface area (Å²) in [5, 5.41) is 11.1.